The lowest BCUT2D eigenvalue weighted by Gasteiger charge is -2.14. The molecule has 1 aromatic rings. The van der Waals surface area contributed by atoms with E-state index in [1.165, 1.54) is 18.1 Å². The maximum atomic E-state index is 11.6. The molecule has 0 saturated carbocycles. The standard InChI is InChI=1S/C12H17N3O3/c1-15(2)11(16)7-14-10-5-4-8(13)6-9(10)12(17)18-3/h4-6,14H,7,13H2,1-3H3. The molecule has 0 aliphatic rings. The van der Waals surface area contributed by atoms with Crippen LogP contribution < -0.4 is 11.1 Å². The number of hydrogen-bond donors (Lipinski definition) is 2. The fourth-order valence-corrected chi connectivity index (χ4v) is 1.32. The zero-order chi connectivity index (χ0) is 13.7. The van der Waals surface area contributed by atoms with E-state index in [0.29, 0.717) is 16.9 Å². The second-order valence-electron chi connectivity index (χ2n) is 3.94. The van der Waals surface area contributed by atoms with E-state index in [0.717, 1.165) is 0 Å². The number of ether oxygens (including phenoxy) is 1. The van der Waals surface area contributed by atoms with E-state index in [-0.39, 0.29) is 12.5 Å². The molecule has 18 heavy (non-hydrogen) atoms. The van der Waals surface area contributed by atoms with Gasteiger partial charge in [0.05, 0.1) is 19.2 Å². The number of nitrogens with two attached hydrogens (primary N) is 1. The smallest absolute Gasteiger partial charge is 0.340 e. The van der Waals surface area contributed by atoms with Crippen molar-refractivity contribution in [3.63, 3.8) is 0 Å². The molecular formula is C12H17N3O3. The highest BCUT2D eigenvalue weighted by Crippen LogP contribution is 2.19. The van der Waals surface area contributed by atoms with E-state index in [2.05, 4.69) is 10.1 Å². The summed E-state index contributed by atoms with van der Waals surface area (Å²) in [5, 5.41) is 2.89. The van der Waals surface area contributed by atoms with Crippen LogP contribution in [-0.4, -0.2) is 44.5 Å². The van der Waals surface area contributed by atoms with Crippen molar-refractivity contribution in [1.82, 2.24) is 4.90 Å². The molecule has 0 heterocycles. The number of carbonyl (C=O) groups excluding carboxylic acids is 2. The van der Waals surface area contributed by atoms with Gasteiger partial charge >= 0.3 is 5.97 Å². The van der Waals surface area contributed by atoms with E-state index in [1.54, 1.807) is 26.2 Å². The number of methoxy groups -OCH3 is 1. The minimum Gasteiger partial charge on any atom is -0.465 e. The first-order chi connectivity index (χ1) is 8.45. The summed E-state index contributed by atoms with van der Waals surface area (Å²) in [6.07, 6.45) is 0. The summed E-state index contributed by atoms with van der Waals surface area (Å²) >= 11 is 0. The summed E-state index contributed by atoms with van der Waals surface area (Å²) in [6.45, 7) is 0.0981. The van der Waals surface area contributed by atoms with Crippen molar-refractivity contribution >= 4 is 23.3 Å². The number of nitrogen functional groups attached to an aromatic ring is 1. The van der Waals surface area contributed by atoms with Crippen LogP contribution in [0.15, 0.2) is 18.2 Å². The van der Waals surface area contributed by atoms with E-state index in [1.807, 2.05) is 0 Å². The SMILES string of the molecule is COC(=O)c1cc(N)ccc1NCC(=O)N(C)C. The zero-order valence-electron chi connectivity index (χ0n) is 10.7. The number of carbonyl (C=O) groups is 2. The van der Waals surface area contributed by atoms with Crippen molar-refractivity contribution in [1.29, 1.82) is 0 Å². The lowest BCUT2D eigenvalue weighted by Crippen LogP contribution is -2.29. The summed E-state index contributed by atoms with van der Waals surface area (Å²) in [4.78, 5) is 24.5. The summed E-state index contributed by atoms with van der Waals surface area (Å²) in [6, 6.07) is 4.80. The van der Waals surface area contributed by atoms with Crippen molar-refractivity contribution in [2.24, 2.45) is 0 Å². The molecule has 0 unspecified atom stereocenters. The number of rotatable bonds is 4. The number of nitrogens with one attached hydrogen (secondary N) is 1. The molecule has 0 aromatic heterocycles. The molecule has 0 saturated heterocycles. The van der Waals surface area contributed by atoms with Gasteiger partial charge < -0.3 is 20.7 Å². The Morgan fingerprint density at radius 3 is 2.61 bits per heavy atom. The molecule has 0 bridgehead atoms. The van der Waals surface area contributed by atoms with Gasteiger partial charge in [0.1, 0.15) is 0 Å². The average Bonchev–Trinajstić information content (AvgIpc) is 2.35. The predicted octanol–water partition coefficient (Wildman–Crippen LogP) is 0.555. The van der Waals surface area contributed by atoms with Crippen LogP contribution in [-0.2, 0) is 9.53 Å². The Morgan fingerprint density at radius 2 is 2.06 bits per heavy atom. The van der Waals surface area contributed by atoms with E-state index < -0.39 is 5.97 Å². The van der Waals surface area contributed by atoms with Gasteiger partial charge in [-0.25, -0.2) is 4.79 Å². The van der Waals surface area contributed by atoms with Crippen molar-refractivity contribution < 1.29 is 14.3 Å². The van der Waals surface area contributed by atoms with Gasteiger partial charge in [-0.2, -0.15) is 0 Å². The van der Waals surface area contributed by atoms with Crippen LogP contribution in [0, 0.1) is 0 Å². The van der Waals surface area contributed by atoms with E-state index in [4.69, 9.17) is 5.73 Å². The third-order valence-electron chi connectivity index (χ3n) is 2.38. The Hall–Kier alpha value is -2.24. The minimum absolute atomic E-state index is 0.0948. The molecule has 6 heteroatoms. The van der Waals surface area contributed by atoms with Gasteiger partial charge in [0.25, 0.3) is 0 Å². The normalized spacial score (nSPS) is 9.72. The van der Waals surface area contributed by atoms with Gasteiger partial charge in [-0.15, -0.1) is 0 Å². The third-order valence-corrected chi connectivity index (χ3v) is 2.38. The fraction of sp³-hybridized carbons (Fsp3) is 0.333. The molecule has 0 radical (unpaired) electrons. The topological polar surface area (TPSA) is 84.7 Å². The maximum Gasteiger partial charge on any atom is 0.340 e. The number of likely N-dealkylation sites (N-methyl/N-ethyl adjacent to an activating group) is 1. The van der Waals surface area contributed by atoms with Crippen molar-refractivity contribution in [2.45, 2.75) is 0 Å². The second-order valence-corrected chi connectivity index (χ2v) is 3.94. The molecule has 3 N–H and O–H groups in total. The largest absolute Gasteiger partial charge is 0.465 e. The molecule has 1 amide bonds. The molecule has 0 spiro atoms. The Bertz CT molecular complexity index is 458. The first-order valence-corrected chi connectivity index (χ1v) is 5.37. The molecule has 1 aromatic carbocycles. The number of esters is 1. The monoisotopic (exact) mass is 251 g/mol. The van der Waals surface area contributed by atoms with E-state index in [9.17, 15) is 9.59 Å². The lowest BCUT2D eigenvalue weighted by atomic mass is 10.1. The van der Waals surface area contributed by atoms with Crippen LogP contribution in [0.3, 0.4) is 0 Å². The first-order valence-electron chi connectivity index (χ1n) is 5.37. The summed E-state index contributed by atoms with van der Waals surface area (Å²) in [7, 11) is 4.61. The predicted molar refractivity (Wildman–Crippen MR) is 69.4 cm³/mol. The van der Waals surface area contributed by atoms with Gasteiger partial charge in [0, 0.05) is 25.5 Å². The molecule has 98 valence electrons. The highest BCUT2D eigenvalue weighted by Gasteiger charge is 2.13. The molecule has 0 atom stereocenters. The van der Waals surface area contributed by atoms with Crippen LogP contribution in [0.5, 0.6) is 0 Å². The maximum absolute atomic E-state index is 11.6. The Kier molecular flexibility index (Phi) is 4.53. The number of hydrogen-bond acceptors (Lipinski definition) is 5. The lowest BCUT2D eigenvalue weighted by molar-refractivity contribution is -0.126. The van der Waals surface area contributed by atoms with Gasteiger partial charge in [-0.05, 0) is 18.2 Å². The molecule has 6 nitrogen and oxygen atoms in total. The zero-order valence-corrected chi connectivity index (χ0v) is 10.7. The molecule has 0 aliphatic carbocycles. The Morgan fingerprint density at radius 1 is 1.39 bits per heavy atom. The van der Waals surface area contributed by atoms with Gasteiger partial charge in [-0.3, -0.25) is 4.79 Å². The number of nitrogens with zero attached hydrogens (tertiary/aromatic N) is 1. The molecule has 1 rings (SSSR count). The Balaban J connectivity index is 2.88. The molecular weight excluding hydrogens is 234 g/mol. The second kappa shape index (κ2) is 5.90. The van der Waals surface area contributed by atoms with Gasteiger partial charge in [0.15, 0.2) is 0 Å². The van der Waals surface area contributed by atoms with Crippen molar-refractivity contribution in [3.05, 3.63) is 23.8 Å². The van der Waals surface area contributed by atoms with Crippen LogP contribution in [0.4, 0.5) is 11.4 Å². The summed E-state index contributed by atoms with van der Waals surface area (Å²) < 4.78 is 4.66. The van der Waals surface area contributed by atoms with Gasteiger partial charge in [-0.1, -0.05) is 0 Å². The van der Waals surface area contributed by atoms with Crippen molar-refractivity contribution in [3.8, 4) is 0 Å². The van der Waals surface area contributed by atoms with Crippen molar-refractivity contribution in [2.75, 3.05) is 38.8 Å². The highest BCUT2D eigenvalue weighted by atomic mass is 16.5. The van der Waals surface area contributed by atoms with Crippen LogP contribution >= 0.6 is 0 Å². The molecule has 0 fully saturated rings. The third kappa shape index (κ3) is 3.38. The number of amides is 1. The number of benzene rings is 1. The fourth-order valence-electron chi connectivity index (χ4n) is 1.32. The first kappa shape index (κ1) is 13.8. The summed E-state index contributed by atoms with van der Waals surface area (Å²) in [5.41, 5.74) is 6.90. The van der Waals surface area contributed by atoms with Crippen LogP contribution in [0.2, 0.25) is 0 Å². The molecule has 0 aliphatic heterocycles. The number of anilines is 2. The van der Waals surface area contributed by atoms with Crippen LogP contribution in [0.25, 0.3) is 0 Å². The Labute approximate surface area is 106 Å². The van der Waals surface area contributed by atoms with Crippen LogP contribution in [0.1, 0.15) is 10.4 Å². The minimum atomic E-state index is -0.498. The average molecular weight is 251 g/mol. The van der Waals surface area contributed by atoms with E-state index >= 15 is 0 Å². The summed E-state index contributed by atoms with van der Waals surface area (Å²) in [5.74, 6) is -0.593. The van der Waals surface area contributed by atoms with Gasteiger partial charge in [0.2, 0.25) is 5.91 Å². The highest BCUT2D eigenvalue weighted by molar-refractivity contribution is 5.97. The quantitative estimate of drug-likeness (QED) is 0.603.